The van der Waals surface area contributed by atoms with Gasteiger partial charge < -0.3 is 56.0 Å². The van der Waals surface area contributed by atoms with Gasteiger partial charge in [0.2, 0.25) is 0 Å². The zero-order chi connectivity index (χ0) is 38.6. The molecule has 1 saturated heterocycles. The third-order valence-corrected chi connectivity index (χ3v) is 11.3. The first-order valence-electron chi connectivity index (χ1n) is 15.5. The highest BCUT2D eigenvalue weighted by Gasteiger charge is 2.46. The number of hydrogen-bond acceptors (Lipinski definition) is 19. The predicted octanol–water partition coefficient (Wildman–Crippen LogP) is -0.732. The standard InChI is InChI=1S/C27H35N9O15P2/c1-10-3-12-13(4-11(10)2)35(24-18(32-12)25(42)34-27(43)33-24)5-14(37)19(39)15(38)6-48-52(44,45)51-53(46,47)49-7-16-20(40)21(41)26(50-16)36-9-31-17-22(28)29-8-30-23(17)36/h4,8-9,12,15-16,20-21,26,32,37-41H,3,5-7H2,1-2H3,(H,44,45)(H,46,47)(H2,28,29,30)(H2,33,34,42,43)/b19-14+/t12-,15+,16+,20+,21+,26+/m0/s1. The third kappa shape index (κ3) is 7.79. The Hall–Kier alpha value is -4.45. The van der Waals surface area contributed by atoms with Crippen LogP contribution in [0.4, 0.5) is 17.3 Å². The highest BCUT2D eigenvalue weighted by atomic mass is 31.3. The quantitative estimate of drug-likeness (QED) is 0.0796. The van der Waals surface area contributed by atoms with E-state index < -0.39 is 94.9 Å². The number of aliphatic hydroxyl groups is 5. The number of rotatable bonds is 12. The van der Waals surface area contributed by atoms with E-state index in [2.05, 4.69) is 39.1 Å². The molecule has 12 N–H and O–H groups in total. The molecule has 2 aliphatic heterocycles. The van der Waals surface area contributed by atoms with Gasteiger partial charge in [-0.25, -0.2) is 28.9 Å². The van der Waals surface area contributed by atoms with Crippen molar-refractivity contribution in [3.05, 3.63) is 67.9 Å². The average Bonchev–Trinajstić information content (AvgIpc) is 3.63. The monoisotopic (exact) mass is 787 g/mol. The van der Waals surface area contributed by atoms with Crippen molar-refractivity contribution in [2.24, 2.45) is 0 Å². The number of anilines is 3. The van der Waals surface area contributed by atoms with Gasteiger partial charge in [0.25, 0.3) is 5.56 Å². The van der Waals surface area contributed by atoms with E-state index in [9.17, 15) is 54.0 Å². The number of aromatic amines is 2. The van der Waals surface area contributed by atoms with E-state index in [0.717, 1.165) is 17.5 Å². The molecule has 0 amide bonds. The summed E-state index contributed by atoms with van der Waals surface area (Å²) in [5, 5.41) is 55.9. The fraction of sp³-hybridized carbons (Fsp3) is 0.444. The zero-order valence-corrected chi connectivity index (χ0v) is 29.4. The second-order valence-corrected chi connectivity index (χ2v) is 15.3. The van der Waals surface area contributed by atoms with Gasteiger partial charge in [-0.2, -0.15) is 4.31 Å². The molecule has 1 aliphatic carbocycles. The molecular formula is C27H35N9O15P2. The van der Waals surface area contributed by atoms with Crippen molar-refractivity contribution in [2.75, 3.05) is 35.7 Å². The summed E-state index contributed by atoms with van der Waals surface area (Å²) in [6, 6.07) is -0.475. The molecule has 0 bridgehead atoms. The van der Waals surface area contributed by atoms with Gasteiger partial charge in [-0.15, -0.1) is 0 Å². The number of fused-ring (bicyclic) bond motifs is 3. The summed E-state index contributed by atoms with van der Waals surface area (Å²) in [6.07, 6.45) is -3.81. The number of phosphoric acid groups is 2. The van der Waals surface area contributed by atoms with Gasteiger partial charge in [0.15, 0.2) is 29.2 Å². The summed E-state index contributed by atoms with van der Waals surface area (Å²) in [5.74, 6) is -2.08. The summed E-state index contributed by atoms with van der Waals surface area (Å²) in [4.78, 5) is 62.6. The van der Waals surface area contributed by atoms with Crippen molar-refractivity contribution >= 4 is 44.1 Å². The van der Waals surface area contributed by atoms with Gasteiger partial charge in [-0.1, -0.05) is 11.1 Å². The van der Waals surface area contributed by atoms with E-state index in [1.165, 1.54) is 15.8 Å². The fourth-order valence-corrected chi connectivity index (χ4v) is 7.94. The number of nitrogens with two attached hydrogens (primary N) is 1. The molecule has 5 heterocycles. The minimum Gasteiger partial charge on any atom is -0.507 e. The summed E-state index contributed by atoms with van der Waals surface area (Å²) in [7, 11) is -11.0. The summed E-state index contributed by atoms with van der Waals surface area (Å²) < 4.78 is 45.3. The van der Waals surface area contributed by atoms with Crippen molar-refractivity contribution in [3.63, 3.8) is 0 Å². The Balaban J connectivity index is 1.08. The van der Waals surface area contributed by atoms with Crippen LogP contribution in [0, 0.1) is 0 Å². The molecule has 2 unspecified atom stereocenters. The molecule has 0 radical (unpaired) electrons. The van der Waals surface area contributed by atoms with Gasteiger partial charge in [-0.05, 0) is 26.3 Å². The molecule has 0 saturated carbocycles. The number of H-pyrrole nitrogens is 2. The van der Waals surface area contributed by atoms with Gasteiger partial charge in [-0.3, -0.25) is 28.4 Å². The van der Waals surface area contributed by atoms with Crippen LogP contribution in [0.2, 0.25) is 0 Å². The third-order valence-electron chi connectivity index (χ3n) is 8.65. The lowest BCUT2D eigenvalue weighted by atomic mass is 9.91. The van der Waals surface area contributed by atoms with E-state index >= 15 is 0 Å². The first kappa shape index (κ1) is 38.3. The van der Waals surface area contributed by atoms with Crippen LogP contribution in [0.5, 0.6) is 0 Å². The second kappa shape index (κ2) is 14.4. The smallest absolute Gasteiger partial charge is 0.481 e. The number of phosphoric ester groups is 2. The zero-order valence-electron chi connectivity index (χ0n) is 27.6. The molecule has 1 fully saturated rings. The van der Waals surface area contributed by atoms with Gasteiger partial charge in [0, 0.05) is 5.70 Å². The Morgan fingerprint density at radius 3 is 2.55 bits per heavy atom. The number of ether oxygens (including phenoxy) is 1. The van der Waals surface area contributed by atoms with Crippen LogP contribution in [0.3, 0.4) is 0 Å². The fourth-order valence-electron chi connectivity index (χ4n) is 5.86. The van der Waals surface area contributed by atoms with Crippen molar-refractivity contribution < 1.29 is 62.5 Å². The number of nitrogens with zero attached hydrogens (tertiary/aromatic N) is 5. The van der Waals surface area contributed by atoms with Crippen molar-refractivity contribution in [1.82, 2.24) is 29.5 Å². The Bertz CT molecular complexity index is 2240. The van der Waals surface area contributed by atoms with Gasteiger partial charge in [0.05, 0.1) is 32.1 Å². The Labute approximate surface area is 296 Å². The highest BCUT2D eigenvalue weighted by Crippen LogP contribution is 2.60. The van der Waals surface area contributed by atoms with Crippen LogP contribution in [0.25, 0.3) is 11.2 Å². The second-order valence-electron chi connectivity index (χ2n) is 12.2. The summed E-state index contributed by atoms with van der Waals surface area (Å²) in [6.45, 7) is 0.887. The van der Waals surface area contributed by atoms with Crippen LogP contribution < -0.4 is 27.2 Å². The molecule has 3 aromatic heterocycles. The Morgan fingerprint density at radius 1 is 1.09 bits per heavy atom. The Kier molecular flexibility index (Phi) is 10.4. The first-order valence-corrected chi connectivity index (χ1v) is 18.5. The van der Waals surface area contributed by atoms with Crippen molar-refractivity contribution in [2.45, 2.75) is 57.0 Å². The van der Waals surface area contributed by atoms with Crippen LogP contribution in [0.1, 0.15) is 26.5 Å². The van der Waals surface area contributed by atoms with Crippen molar-refractivity contribution in [1.29, 1.82) is 0 Å². The Morgan fingerprint density at radius 2 is 1.81 bits per heavy atom. The summed E-state index contributed by atoms with van der Waals surface area (Å²) in [5.41, 5.74) is 6.80. The lowest BCUT2D eigenvalue weighted by Gasteiger charge is -2.40. The predicted molar refractivity (Wildman–Crippen MR) is 180 cm³/mol. The molecule has 288 valence electrons. The average molecular weight is 788 g/mol. The molecule has 6 rings (SSSR count). The molecule has 3 aliphatic rings. The normalized spacial score (nSPS) is 26.2. The van der Waals surface area contributed by atoms with Crippen molar-refractivity contribution in [3.8, 4) is 0 Å². The highest BCUT2D eigenvalue weighted by molar-refractivity contribution is 7.61. The molecule has 0 aromatic carbocycles. The number of hydrogen-bond donors (Lipinski definition) is 11. The maximum Gasteiger partial charge on any atom is 0.481 e. The van der Waals surface area contributed by atoms with E-state index in [1.807, 2.05) is 13.8 Å². The largest absolute Gasteiger partial charge is 0.507 e. The van der Waals surface area contributed by atoms with E-state index in [-0.39, 0.29) is 28.5 Å². The van der Waals surface area contributed by atoms with Crippen LogP contribution in [-0.2, 0) is 27.2 Å². The molecule has 8 atom stereocenters. The first-order chi connectivity index (χ1) is 24.9. The van der Waals surface area contributed by atoms with E-state index in [0.29, 0.717) is 12.1 Å². The van der Waals surface area contributed by atoms with Crippen LogP contribution >= 0.6 is 15.6 Å². The van der Waals surface area contributed by atoms with E-state index in [4.69, 9.17) is 15.0 Å². The molecule has 3 aromatic rings. The summed E-state index contributed by atoms with van der Waals surface area (Å²) >= 11 is 0. The number of imidazole rings is 1. The topological polar surface area (TPSA) is 363 Å². The van der Waals surface area contributed by atoms with Gasteiger partial charge >= 0.3 is 21.3 Å². The minimum atomic E-state index is -5.55. The minimum absolute atomic E-state index is 0.0261. The lowest BCUT2D eigenvalue weighted by molar-refractivity contribution is -0.0504. The van der Waals surface area contributed by atoms with E-state index in [1.54, 1.807) is 6.08 Å². The molecule has 0 spiro atoms. The number of allylic oxidation sites excluding steroid dienone is 2. The maximum atomic E-state index is 12.6. The number of aromatic nitrogens is 6. The van der Waals surface area contributed by atoms with Gasteiger partial charge in [0.1, 0.15) is 47.8 Å². The SMILES string of the molecule is CC1=C(C)C[C@@H]2Nc3c([nH]c(=O)[nH]c3=O)N(C/C(O)=C(\O)[C@H](O)COP(=O)(O)OP(=O)(O)OC[C@H]3O[C@@H](n4cnc5c(N)ncnc54)[C@H](O)[C@@H]3O)C2=C1. The molecule has 24 nitrogen and oxygen atoms in total. The molecular weight excluding hydrogens is 752 g/mol. The molecule has 53 heavy (non-hydrogen) atoms. The maximum absolute atomic E-state index is 12.6. The number of nitrogen functional groups attached to an aromatic ring is 1. The molecule has 26 heteroatoms. The van der Waals surface area contributed by atoms with Crippen LogP contribution in [0.15, 0.2) is 56.7 Å². The number of aliphatic hydroxyl groups excluding tert-OH is 5. The lowest BCUT2D eigenvalue weighted by Crippen LogP contribution is -2.46. The van der Waals surface area contributed by atoms with Crippen LogP contribution in [-0.4, -0.2) is 115 Å². The number of nitrogens with one attached hydrogen (secondary N) is 3.